The standard InChI is InChI=1S/C15H18Cl3N3O6/c1-25-12-5-4-9(7-11(12)21(23)24)19-13(15(16,17)18)20-14(22)27-8-10-3-2-6-26-10/h4-5,7,10,13,19H,2-3,6,8H2,1H3,(H,20,22). The van der Waals surface area contributed by atoms with Crippen LogP contribution in [0.3, 0.4) is 0 Å². The topological polar surface area (TPSA) is 112 Å². The number of amides is 1. The quantitative estimate of drug-likeness (QED) is 0.287. The van der Waals surface area contributed by atoms with E-state index in [9.17, 15) is 14.9 Å². The van der Waals surface area contributed by atoms with Gasteiger partial charge in [-0.3, -0.25) is 15.4 Å². The number of nitrogens with one attached hydrogen (secondary N) is 2. The summed E-state index contributed by atoms with van der Waals surface area (Å²) < 4.78 is 13.4. The van der Waals surface area contributed by atoms with Crippen LogP contribution in [0.15, 0.2) is 18.2 Å². The maximum Gasteiger partial charge on any atom is 0.408 e. The molecule has 0 aromatic heterocycles. The van der Waals surface area contributed by atoms with Crippen molar-refractivity contribution in [3.05, 3.63) is 28.3 Å². The first-order chi connectivity index (χ1) is 12.7. The zero-order valence-corrected chi connectivity index (χ0v) is 16.5. The van der Waals surface area contributed by atoms with E-state index in [0.29, 0.717) is 6.61 Å². The molecule has 1 heterocycles. The predicted molar refractivity (Wildman–Crippen MR) is 101 cm³/mol. The summed E-state index contributed by atoms with van der Waals surface area (Å²) >= 11 is 17.7. The van der Waals surface area contributed by atoms with Crippen LogP contribution in [0.2, 0.25) is 0 Å². The number of nitro benzene ring substituents is 1. The molecular formula is C15H18Cl3N3O6. The van der Waals surface area contributed by atoms with Crippen molar-refractivity contribution >= 4 is 52.3 Å². The Labute approximate surface area is 170 Å². The van der Waals surface area contributed by atoms with Crippen LogP contribution >= 0.6 is 34.8 Å². The Morgan fingerprint density at radius 2 is 2.22 bits per heavy atom. The molecule has 1 aromatic carbocycles. The fraction of sp³-hybridized carbons (Fsp3) is 0.533. The van der Waals surface area contributed by atoms with Crippen molar-refractivity contribution in [3.63, 3.8) is 0 Å². The number of carbonyl (C=O) groups excluding carboxylic acids is 1. The normalized spacial score (nSPS) is 17.9. The van der Waals surface area contributed by atoms with E-state index in [-0.39, 0.29) is 29.8 Å². The van der Waals surface area contributed by atoms with Gasteiger partial charge in [-0.2, -0.15) is 0 Å². The van der Waals surface area contributed by atoms with Gasteiger partial charge in [0.25, 0.3) is 0 Å². The number of rotatable bonds is 7. The van der Waals surface area contributed by atoms with E-state index in [1.807, 2.05) is 0 Å². The minimum absolute atomic E-state index is 0.0694. The minimum atomic E-state index is -1.96. The molecule has 0 saturated carbocycles. The zero-order valence-electron chi connectivity index (χ0n) is 14.2. The van der Waals surface area contributed by atoms with Gasteiger partial charge >= 0.3 is 11.8 Å². The third-order valence-corrected chi connectivity index (χ3v) is 4.36. The van der Waals surface area contributed by atoms with Crippen LogP contribution in [-0.4, -0.2) is 47.4 Å². The second-order valence-corrected chi connectivity index (χ2v) is 8.01. The highest BCUT2D eigenvalue weighted by atomic mass is 35.6. The first-order valence-corrected chi connectivity index (χ1v) is 9.04. The Balaban J connectivity index is 2.04. The van der Waals surface area contributed by atoms with Crippen LogP contribution in [0.25, 0.3) is 0 Å². The number of carbonyl (C=O) groups is 1. The van der Waals surface area contributed by atoms with Crippen molar-refractivity contribution in [2.45, 2.75) is 28.9 Å². The van der Waals surface area contributed by atoms with Crippen LogP contribution in [0.5, 0.6) is 5.75 Å². The van der Waals surface area contributed by atoms with Gasteiger partial charge in [0.2, 0.25) is 3.79 Å². The average Bonchev–Trinajstić information content (AvgIpc) is 3.12. The predicted octanol–water partition coefficient (Wildman–Crippen LogP) is 3.62. The van der Waals surface area contributed by atoms with E-state index < -0.39 is 21.0 Å². The molecule has 1 aliphatic heterocycles. The summed E-state index contributed by atoms with van der Waals surface area (Å²) in [5.74, 6) is 0.0694. The van der Waals surface area contributed by atoms with Crippen LogP contribution in [-0.2, 0) is 9.47 Å². The highest BCUT2D eigenvalue weighted by molar-refractivity contribution is 6.68. The van der Waals surface area contributed by atoms with Gasteiger partial charge in [-0.1, -0.05) is 34.8 Å². The Kier molecular flexibility index (Phi) is 7.60. The Hall–Kier alpha value is -1.68. The summed E-state index contributed by atoms with van der Waals surface area (Å²) in [6.07, 6.45) is -0.483. The number of nitrogens with zero attached hydrogens (tertiary/aromatic N) is 1. The summed E-state index contributed by atoms with van der Waals surface area (Å²) in [5.41, 5.74) is -0.0511. The van der Waals surface area contributed by atoms with Gasteiger partial charge in [0, 0.05) is 18.4 Å². The van der Waals surface area contributed by atoms with Crippen LogP contribution in [0.1, 0.15) is 12.8 Å². The molecule has 0 radical (unpaired) electrons. The van der Waals surface area contributed by atoms with Crippen LogP contribution < -0.4 is 15.4 Å². The van der Waals surface area contributed by atoms with E-state index >= 15 is 0 Å². The Morgan fingerprint density at radius 3 is 2.78 bits per heavy atom. The molecule has 1 fully saturated rings. The largest absolute Gasteiger partial charge is 0.490 e. The number of nitro groups is 1. The zero-order chi connectivity index (χ0) is 20.0. The van der Waals surface area contributed by atoms with E-state index in [2.05, 4.69) is 10.6 Å². The molecule has 27 heavy (non-hydrogen) atoms. The van der Waals surface area contributed by atoms with Gasteiger partial charge in [-0.25, -0.2) is 4.79 Å². The number of hydrogen-bond acceptors (Lipinski definition) is 7. The van der Waals surface area contributed by atoms with E-state index in [0.717, 1.165) is 12.8 Å². The number of alkyl carbamates (subject to hydrolysis) is 1. The SMILES string of the molecule is COc1ccc(NC(NC(=O)OCC2CCCO2)C(Cl)(Cl)Cl)cc1[N+](=O)[O-]. The van der Waals surface area contributed by atoms with Gasteiger partial charge in [-0.05, 0) is 25.0 Å². The first-order valence-electron chi connectivity index (χ1n) is 7.91. The Bertz CT molecular complexity index is 679. The monoisotopic (exact) mass is 441 g/mol. The summed E-state index contributed by atoms with van der Waals surface area (Å²) in [4.78, 5) is 22.5. The molecule has 0 spiro atoms. The number of methoxy groups -OCH3 is 1. The summed E-state index contributed by atoms with van der Waals surface area (Å²) in [5, 5.41) is 16.2. The maximum atomic E-state index is 12.0. The number of benzene rings is 1. The van der Waals surface area contributed by atoms with E-state index in [4.69, 9.17) is 49.0 Å². The van der Waals surface area contributed by atoms with Crippen molar-refractivity contribution < 1.29 is 23.9 Å². The fourth-order valence-corrected chi connectivity index (χ4v) is 2.72. The lowest BCUT2D eigenvalue weighted by Crippen LogP contribution is -2.49. The fourth-order valence-electron chi connectivity index (χ4n) is 2.39. The van der Waals surface area contributed by atoms with E-state index in [1.165, 1.54) is 25.3 Å². The van der Waals surface area contributed by atoms with E-state index in [1.54, 1.807) is 0 Å². The highest BCUT2D eigenvalue weighted by Crippen LogP contribution is 2.34. The maximum absolute atomic E-state index is 12.0. The van der Waals surface area contributed by atoms with Gasteiger partial charge in [0.05, 0.1) is 18.1 Å². The molecule has 150 valence electrons. The second-order valence-electron chi connectivity index (χ2n) is 5.64. The van der Waals surface area contributed by atoms with Crippen molar-refractivity contribution in [1.82, 2.24) is 5.32 Å². The van der Waals surface area contributed by atoms with Gasteiger partial charge < -0.3 is 19.5 Å². The van der Waals surface area contributed by atoms with Crippen molar-refractivity contribution in [2.24, 2.45) is 0 Å². The summed E-state index contributed by atoms with van der Waals surface area (Å²) in [6.45, 7) is 0.705. The van der Waals surface area contributed by atoms with Crippen molar-refractivity contribution in [1.29, 1.82) is 0 Å². The molecule has 1 aliphatic rings. The first kappa shape index (κ1) is 21.6. The minimum Gasteiger partial charge on any atom is -0.490 e. The lowest BCUT2D eigenvalue weighted by Gasteiger charge is -2.27. The van der Waals surface area contributed by atoms with Gasteiger partial charge in [0.1, 0.15) is 12.8 Å². The number of ether oxygens (including phenoxy) is 3. The molecule has 2 unspecified atom stereocenters. The number of anilines is 1. The number of hydrogen-bond donors (Lipinski definition) is 2. The van der Waals surface area contributed by atoms with Crippen molar-refractivity contribution in [2.75, 3.05) is 25.6 Å². The van der Waals surface area contributed by atoms with Crippen LogP contribution in [0.4, 0.5) is 16.2 Å². The molecule has 0 bridgehead atoms. The molecule has 1 aromatic rings. The molecule has 1 saturated heterocycles. The number of halogens is 3. The third-order valence-electron chi connectivity index (χ3n) is 3.70. The molecule has 9 nitrogen and oxygen atoms in total. The average molecular weight is 443 g/mol. The smallest absolute Gasteiger partial charge is 0.408 e. The lowest BCUT2D eigenvalue weighted by atomic mass is 10.2. The molecule has 2 rings (SSSR count). The highest BCUT2D eigenvalue weighted by Gasteiger charge is 2.35. The van der Waals surface area contributed by atoms with Gasteiger partial charge in [-0.15, -0.1) is 0 Å². The van der Waals surface area contributed by atoms with Crippen LogP contribution in [0, 0.1) is 10.1 Å². The third kappa shape index (κ3) is 6.46. The summed E-state index contributed by atoms with van der Waals surface area (Å²) in [7, 11) is 1.31. The Morgan fingerprint density at radius 1 is 1.48 bits per heavy atom. The number of alkyl halides is 3. The lowest BCUT2D eigenvalue weighted by molar-refractivity contribution is -0.385. The molecule has 2 N–H and O–H groups in total. The van der Waals surface area contributed by atoms with Gasteiger partial charge in [0.15, 0.2) is 5.75 Å². The summed E-state index contributed by atoms with van der Waals surface area (Å²) in [6, 6.07) is 4.06. The molecule has 0 aliphatic carbocycles. The van der Waals surface area contributed by atoms with Crippen molar-refractivity contribution in [3.8, 4) is 5.75 Å². The molecule has 1 amide bonds. The molecule has 2 atom stereocenters. The second kappa shape index (κ2) is 9.50. The molecular weight excluding hydrogens is 425 g/mol. The molecule has 12 heteroatoms.